The van der Waals surface area contributed by atoms with E-state index >= 15 is 0 Å². The summed E-state index contributed by atoms with van der Waals surface area (Å²) in [6.45, 7) is 4.48. The third-order valence-electron chi connectivity index (χ3n) is 4.41. The van der Waals surface area contributed by atoms with Crippen LogP contribution in [0.3, 0.4) is 0 Å². The van der Waals surface area contributed by atoms with Gasteiger partial charge in [0, 0.05) is 12.4 Å². The van der Waals surface area contributed by atoms with Gasteiger partial charge in [0.25, 0.3) is 0 Å². The van der Waals surface area contributed by atoms with Crippen LogP contribution in [-0.4, -0.2) is 46.2 Å². The van der Waals surface area contributed by atoms with Crippen molar-refractivity contribution in [2.24, 2.45) is 0 Å². The maximum absolute atomic E-state index is 5.53. The SMILES string of the molecule is COc1ccccc1-n1nc(Cn2cncn2)nc1C(C)n1ccnc1C. The molecule has 4 rings (SSSR count). The molecule has 3 heterocycles. The number of ether oxygens (including phenoxy) is 1. The predicted octanol–water partition coefficient (Wildman–Crippen LogP) is 2.03. The minimum absolute atomic E-state index is 0.0607. The lowest BCUT2D eigenvalue weighted by Gasteiger charge is -2.16. The molecule has 4 aromatic rings. The standard InChI is InChI=1S/C18H20N8O/c1-13(25-9-8-20-14(25)2)18-22-17(10-24-12-19-11-21-24)23-26(18)15-6-4-5-7-16(15)27-3/h4-9,11-13H,10H2,1-3H3. The number of nitrogens with zero attached hydrogens (tertiary/aromatic N) is 8. The lowest BCUT2D eigenvalue weighted by molar-refractivity contribution is 0.410. The van der Waals surface area contributed by atoms with Crippen molar-refractivity contribution >= 4 is 0 Å². The summed E-state index contributed by atoms with van der Waals surface area (Å²) in [5.41, 5.74) is 0.831. The first-order valence-electron chi connectivity index (χ1n) is 8.58. The van der Waals surface area contributed by atoms with Gasteiger partial charge in [0.1, 0.15) is 36.5 Å². The van der Waals surface area contributed by atoms with Crippen LogP contribution >= 0.6 is 0 Å². The van der Waals surface area contributed by atoms with E-state index in [1.807, 2.05) is 42.1 Å². The first-order chi connectivity index (χ1) is 13.2. The molecule has 9 heteroatoms. The van der Waals surface area contributed by atoms with Crippen LogP contribution in [0.5, 0.6) is 5.75 Å². The molecule has 0 saturated heterocycles. The molecule has 138 valence electrons. The molecule has 0 radical (unpaired) electrons. The van der Waals surface area contributed by atoms with E-state index in [0.717, 1.165) is 23.1 Å². The summed E-state index contributed by atoms with van der Waals surface area (Å²) in [4.78, 5) is 13.1. The Labute approximate surface area is 156 Å². The van der Waals surface area contributed by atoms with Crippen LogP contribution in [0.1, 0.15) is 30.4 Å². The van der Waals surface area contributed by atoms with Crippen LogP contribution in [0.25, 0.3) is 5.69 Å². The number of imidazole rings is 1. The van der Waals surface area contributed by atoms with E-state index in [1.165, 1.54) is 6.33 Å². The van der Waals surface area contributed by atoms with E-state index in [1.54, 1.807) is 24.3 Å². The molecule has 0 aliphatic heterocycles. The van der Waals surface area contributed by atoms with Crippen molar-refractivity contribution in [3.05, 3.63) is 66.8 Å². The molecule has 0 aliphatic rings. The summed E-state index contributed by atoms with van der Waals surface area (Å²) in [6, 6.07) is 7.69. The first kappa shape index (κ1) is 17.0. The Morgan fingerprint density at radius 2 is 2.07 bits per heavy atom. The molecule has 1 atom stereocenters. The molecular formula is C18H20N8O. The average molecular weight is 364 g/mol. The van der Waals surface area contributed by atoms with Gasteiger partial charge in [-0.25, -0.2) is 24.3 Å². The average Bonchev–Trinajstić information content (AvgIpc) is 3.43. The number of hydrogen-bond acceptors (Lipinski definition) is 6. The van der Waals surface area contributed by atoms with Crippen molar-refractivity contribution in [1.82, 2.24) is 39.1 Å². The van der Waals surface area contributed by atoms with Crippen LogP contribution in [-0.2, 0) is 6.54 Å². The molecule has 27 heavy (non-hydrogen) atoms. The number of benzene rings is 1. The van der Waals surface area contributed by atoms with Gasteiger partial charge < -0.3 is 9.30 Å². The summed E-state index contributed by atoms with van der Waals surface area (Å²) in [7, 11) is 1.65. The lowest BCUT2D eigenvalue weighted by atomic mass is 10.2. The number of aromatic nitrogens is 8. The summed E-state index contributed by atoms with van der Waals surface area (Å²) in [6.07, 6.45) is 6.87. The Morgan fingerprint density at radius 3 is 2.78 bits per heavy atom. The molecule has 0 amide bonds. The van der Waals surface area contributed by atoms with Crippen molar-refractivity contribution in [1.29, 1.82) is 0 Å². The monoisotopic (exact) mass is 364 g/mol. The normalized spacial score (nSPS) is 12.3. The van der Waals surface area contributed by atoms with Gasteiger partial charge in [-0.15, -0.1) is 5.10 Å². The smallest absolute Gasteiger partial charge is 0.172 e. The van der Waals surface area contributed by atoms with E-state index in [4.69, 9.17) is 14.8 Å². The molecule has 0 spiro atoms. The maximum atomic E-state index is 5.53. The van der Waals surface area contributed by atoms with Gasteiger partial charge in [-0.2, -0.15) is 5.10 Å². The lowest BCUT2D eigenvalue weighted by Crippen LogP contribution is -2.14. The fraction of sp³-hybridized carbons (Fsp3) is 0.278. The minimum Gasteiger partial charge on any atom is -0.494 e. The highest BCUT2D eigenvalue weighted by Crippen LogP contribution is 2.26. The number of hydrogen-bond donors (Lipinski definition) is 0. The van der Waals surface area contributed by atoms with Gasteiger partial charge in [0.2, 0.25) is 0 Å². The van der Waals surface area contributed by atoms with Gasteiger partial charge in [-0.1, -0.05) is 12.1 Å². The second kappa shape index (κ2) is 7.02. The number of rotatable bonds is 6. The van der Waals surface area contributed by atoms with Gasteiger partial charge in [-0.05, 0) is 26.0 Å². The van der Waals surface area contributed by atoms with Gasteiger partial charge in [-0.3, -0.25) is 0 Å². The van der Waals surface area contributed by atoms with Crippen LogP contribution in [0.15, 0.2) is 49.3 Å². The molecule has 3 aromatic heterocycles. The number of aryl methyl sites for hydroxylation is 1. The topological polar surface area (TPSA) is 88.5 Å². The molecule has 1 unspecified atom stereocenters. The Bertz CT molecular complexity index is 1030. The van der Waals surface area contributed by atoms with Crippen LogP contribution in [0.2, 0.25) is 0 Å². The van der Waals surface area contributed by atoms with E-state index in [0.29, 0.717) is 12.4 Å². The quantitative estimate of drug-likeness (QED) is 0.520. The Kier molecular flexibility index (Phi) is 4.41. The van der Waals surface area contributed by atoms with E-state index < -0.39 is 0 Å². The molecule has 0 fully saturated rings. The highest BCUT2D eigenvalue weighted by molar-refractivity contribution is 5.46. The predicted molar refractivity (Wildman–Crippen MR) is 97.8 cm³/mol. The number of para-hydroxylation sites is 2. The summed E-state index contributed by atoms with van der Waals surface area (Å²) >= 11 is 0. The highest BCUT2D eigenvalue weighted by atomic mass is 16.5. The fourth-order valence-electron chi connectivity index (χ4n) is 3.07. The number of methoxy groups -OCH3 is 1. The van der Waals surface area contributed by atoms with Gasteiger partial charge in [0.05, 0.1) is 13.2 Å². The molecule has 0 saturated carbocycles. The van der Waals surface area contributed by atoms with Gasteiger partial charge in [0.15, 0.2) is 11.6 Å². The summed E-state index contributed by atoms with van der Waals surface area (Å²) in [5, 5.41) is 8.87. The van der Waals surface area contributed by atoms with Crippen LogP contribution < -0.4 is 4.74 Å². The minimum atomic E-state index is -0.0607. The molecule has 1 aromatic carbocycles. The van der Waals surface area contributed by atoms with Crippen LogP contribution in [0, 0.1) is 6.92 Å². The van der Waals surface area contributed by atoms with Crippen molar-refractivity contribution in [3.63, 3.8) is 0 Å². The van der Waals surface area contributed by atoms with Gasteiger partial charge >= 0.3 is 0 Å². The third-order valence-corrected chi connectivity index (χ3v) is 4.41. The Morgan fingerprint density at radius 1 is 1.22 bits per heavy atom. The van der Waals surface area contributed by atoms with Crippen LogP contribution in [0.4, 0.5) is 0 Å². The summed E-state index contributed by atoms with van der Waals surface area (Å²) in [5.74, 6) is 3.07. The van der Waals surface area contributed by atoms with Crippen molar-refractivity contribution in [3.8, 4) is 11.4 Å². The van der Waals surface area contributed by atoms with Crippen molar-refractivity contribution in [2.75, 3.05) is 7.11 Å². The first-order valence-corrected chi connectivity index (χ1v) is 8.58. The second-order valence-electron chi connectivity index (χ2n) is 6.12. The zero-order valence-corrected chi connectivity index (χ0v) is 15.4. The molecule has 0 bridgehead atoms. The van der Waals surface area contributed by atoms with E-state index in [9.17, 15) is 0 Å². The zero-order chi connectivity index (χ0) is 18.8. The molecule has 0 N–H and O–H groups in total. The largest absolute Gasteiger partial charge is 0.494 e. The summed E-state index contributed by atoms with van der Waals surface area (Å²) < 4.78 is 11.1. The van der Waals surface area contributed by atoms with Crippen molar-refractivity contribution < 1.29 is 4.74 Å². The molecule has 0 aliphatic carbocycles. The molecule has 9 nitrogen and oxygen atoms in total. The second-order valence-corrected chi connectivity index (χ2v) is 6.12. The Hall–Kier alpha value is -3.49. The molecular weight excluding hydrogens is 344 g/mol. The highest BCUT2D eigenvalue weighted by Gasteiger charge is 2.22. The maximum Gasteiger partial charge on any atom is 0.172 e. The van der Waals surface area contributed by atoms with E-state index in [2.05, 4.69) is 26.6 Å². The fourth-order valence-corrected chi connectivity index (χ4v) is 3.07. The third kappa shape index (κ3) is 3.19. The zero-order valence-electron chi connectivity index (χ0n) is 15.4. The van der Waals surface area contributed by atoms with Crippen molar-refractivity contribution in [2.45, 2.75) is 26.4 Å². The van der Waals surface area contributed by atoms with E-state index in [-0.39, 0.29) is 6.04 Å². The Balaban J connectivity index is 1.82.